The molecule has 0 saturated carbocycles. The zero-order valence-electron chi connectivity index (χ0n) is 10.8. The van der Waals surface area contributed by atoms with E-state index in [1.807, 2.05) is 25.1 Å². The second kappa shape index (κ2) is 6.68. The van der Waals surface area contributed by atoms with Crippen LogP contribution in [0.25, 0.3) is 0 Å². The summed E-state index contributed by atoms with van der Waals surface area (Å²) in [6.07, 6.45) is 4.33. The molecule has 0 spiro atoms. The Bertz CT molecular complexity index is 519. The summed E-state index contributed by atoms with van der Waals surface area (Å²) in [5.41, 5.74) is 7.26. The van der Waals surface area contributed by atoms with Crippen molar-refractivity contribution in [1.29, 1.82) is 0 Å². The van der Waals surface area contributed by atoms with Gasteiger partial charge in [0.2, 0.25) is 0 Å². The van der Waals surface area contributed by atoms with Crippen molar-refractivity contribution < 1.29 is 4.39 Å². The lowest BCUT2D eigenvalue weighted by Gasteiger charge is -2.23. The number of halogens is 1. The Kier molecular flexibility index (Phi) is 4.93. The van der Waals surface area contributed by atoms with Crippen molar-refractivity contribution in [3.63, 3.8) is 0 Å². The van der Waals surface area contributed by atoms with Gasteiger partial charge in [-0.1, -0.05) is 19.1 Å². The molecule has 0 amide bonds. The van der Waals surface area contributed by atoms with Crippen LogP contribution in [-0.4, -0.2) is 11.0 Å². The van der Waals surface area contributed by atoms with Gasteiger partial charge in [-0.25, -0.2) is 4.39 Å². The molecule has 19 heavy (non-hydrogen) atoms. The molecule has 0 saturated heterocycles. The van der Waals surface area contributed by atoms with E-state index in [1.54, 1.807) is 24.5 Å². The average molecular weight is 276 g/mol. The quantitative estimate of drug-likeness (QED) is 0.844. The molecule has 2 rings (SSSR count). The smallest absolute Gasteiger partial charge is 0.136 e. The van der Waals surface area contributed by atoms with Crippen LogP contribution in [0.1, 0.15) is 24.2 Å². The fraction of sp³-hybridized carbons (Fsp3) is 0.267. The van der Waals surface area contributed by atoms with Gasteiger partial charge >= 0.3 is 0 Å². The third-order valence-electron chi connectivity index (χ3n) is 2.99. The number of thioether (sulfide) groups is 1. The van der Waals surface area contributed by atoms with Crippen LogP contribution in [0.5, 0.6) is 0 Å². The number of pyridine rings is 1. The van der Waals surface area contributed by atoms with Gasteiger partial charge in [-0.05, 0) is 36.2 Å². The molecule has 1 heterocycles. The fourth-order valence-corrected chi connectivity index (χ4v) is 3.12. The molecule has 2 unspecified atom stereocenters. The highest BCUT2D eigenvalue weighted by Crippen LogP contribution is 2.38. The Morgan fingerprint density at radius 3 is 2.53 bits per heavy atom. The molecule has 0 bridgehead atoms. The third-order valence-corrected chi connectivity index (χ3v) is 4.45. The molecule has 1 aromatic heterocycles. The molecule has 4 heteroatoms. The molecular weight excluding hydrogens is 259 g/mol. The lowest BCUT2D eigenvalue weighted by Crippen LogP contribution is -2.25. The van der Waals surface area contributed by atoms with Gasteiger partial charge in [-0.2, -0.15) is 0 Å². The third kappa shape index (κ3) is 3.55. The average Bonchev–Trinajstić information content (AvgIpc) is 2.46. The van der Waals surface area contributed by atoms with Gasteiger partial charge in [0.25, 0.3) is 0 Å². The van der Waals surface area contributed by atoms with Crippen LogP contribution in [0.15, 0.2) is 53.7 Å². The Hall–Kier alpha value is -1.39. The molecule has 1 aromatic carbocycles. The fourth-order valence-electron chi connectivity index (χ4n) is 1.85. The highest BCUT2D eigenvalue weighted by Gasteiger charge is 2.21. The van der Waals surface area contributed by atoms with Crippen molar-refractivity contribution >= 4 is 11.8 Å². The van der Waals surface area contributed by atoms with E-state index in [4.69, 9.17) is 5.73 Å². The van der Waals surface area contributed by atoms with Crippen LogP contribution >= 0.6 is 11.8 Å². The van der Waals surface area contributed by atoms with E-state index in [0.29, 0.717) is 4.90 Å². The summed E-state index contributed by atoms with van der Waals surface area (Å²) >= 11 is 1.47. The summed E-state index contributed by atoms with van der Waals surface area (Å²) in [7, 11) is 0. The van der Waals surface area contributed by atoms with Gasteiger partial charge in [0.1, 0.15) is 5.82 Å². The van der Waals surface area contributed by atoms with Crippen LogP contribution in [0.3, 0.4) is 0 Å². The van der Waals surface area contributed by atoms with Crippen LogP contribution in [0.4, 0.5) is 4.39 Å². The van der Waals surface area contributed by atoms with Crippen LogP contribution < -0.4 is 5.73 Å². The maximum atomic E-state index is 13.8. The highest BCUT2D eigenvalue weighted by molar-refractivity contribution is 7.99. The first-order valence-corrected chi connectivity index (χ1v) is 7.17. The van der Waals surface area contributed by atoms with E-state index < -0.39 is 0 Å². The first kappa shape index (κ1) is 14.0. The molecule has 2 aromatic rings. The summed E-state index contributed by atoms with van der Waals surface area (Å²) in [4.78, 5) is 4.65. The number of benzene rings is 1. The topological polar surface area (TPSA) is 38.9 Å². The summed E-state index contributed by atoms with van der Waals surface area (Å²) in [5, 5.41) is 0.0323. The molecular formula is C15H17FN2S. The van der Waals surface area contributed by atoms with Gasteiger partial charge in [-0.3, -0.25) is 4.98 Å². The number of hydrogen-bond acceptors (Lipinski definition) is 3. The molecule has 0 aliphatic heterocycles. The molecule has 100 valence electrons. The van der Waals surface area contributed by atoms with Crippen molar-refractivity contribution in [2.75, 3.05) is 0 Å². The van der Waals surface area contributed by atoms with E-state index >= 15 is 0 Å². The van der Waals surface area contributed by atoms with E-state index in [2.05, 4.69) is 4.98 Å². The number of hydrogen-bond donors (Lipinski definition) is 1. The molecule has 2 nitrogen and oxygen atoms in total. The Balaban J connectivity index is 2.27. The zero-order valence-corrected chi connectivity index (χ0v) is 11.6. The Labute approximate surface area is 117 Å². The van der Waals surface area contributed by atoms with Crippen molar-refractivity contribution in [1.82, 2.24) is 4.98 Å². The Morgan fingerprint density at radius 2 is 1.89 bits per heavy atom. The second-order valence-electron chi connectivity index (χ2n) is 4.32. The number of nitrogens with two attached hydrogens (primary N) is 1. The highest BCUT2D eigenvalue weighted by atomic mass is 32.2. The lowest BCUT2D eigenvalue weighted by molar-refractivity contribution is 0.597. The van der Waals surface area contributed by atoms with Gasteiger partial charge < -0.3 is 5.73 Å². The Morgan fingerprint density at radius 1 is 1.21 bits per heavy atom. The molecule has 0 fully saturated rings. The lowest BCUT2D eigenvalue weighted by atomic mass is 10.1. The summed E-state index contributed by atoms with van der Waals surface area (Å²) in [6, 6.07) is 10.7. The van der Waals surface area contributed by atoms with E-state index in [9.17, 15) is 4.39 Å². The molecule has 0 aliphatic carbocycles. The standard InChI is InChI=1S/C15H17FN2S/c1-2-13(17)15(11-7-9-18-10-8-11)19-14-6-4-3-5-12(14)16/h3-10,13,15H,2,17H2,1H3. The van der Waals surface area contributed by atoms with Crippen LogP contribution in [0, 0.1) is 5.82 Å². The minimum Gasteiger partial charge on any atom is -0.326 e. The number of rotatable bonds is 5. The van der Waals surface area contributed by atoms with Gasteiger partial charge in [0.15, 0.2) is 0 Å². The predicted octanol–water partition coefficient (Wildman–Crippen LogP) is 3.79. The van der Waals surface area contributed by atoms with Gasteiger partial charge in [-0.15, -0.1) is 11.8 Å². The van der Waals surface area contributed by atoms with E-state index in [-0.39, 0.29) is 17.1 Å². The minimum absolute atomic E-state index is 0.0213. The van der Waals surface area contributed by atoms with Gasteiger partial charge in [0.05, 0.1) is 0 Å². The van der Waals surface area contributed by atoms with Crippen LogP contribution in [0.2, 0.25) is 0 Å². The summed E-state index contributed by atoms with van der Waals surface area (Å²) in [5.74, 6) is -0.199. The first-order valence-electron chi connectivity index (χ1n) is 6.29. The zero-order chi connectivity index (χ0) is 13.7. The largest absolute Gasteiger partial charge is 0.326 e. The monoisotopic (exact) mass is 276 g/mol. The molecule has 0 aliphatic rings. The van der Waals surface area contributed by atoms with E-state index in [1.165, 1.54) is 17.8 Å². The summed E-state index contributed by atoms with van der Waals surface area (Å²) < 4.78 is 13.8. The molecule has 2 N–H and O–H groups in total. The molecule has 0 radical (unpaired) electrons. The first-order chi connectivity index (χ1) is 9.22. The van der Waals surface area contributed by atoms with Gasteiger partial charge in [0, 0.05) is 28.6 Å². The minimum atomic E-state index is -0.199. The van der Waals surface area contributed by atoms with Crippen molar-refractivity contribution in [3.05, 3.63) is 60.2 Å². The predicted molar refractivity (Wildman–Crippen MR) is 77.5 cm³/mol. The number of nitrogens with zero attached hydrogens (tertiary/aromatic N) is 1. The summed E-state index contributed by atoms with van der Waals surface area (Å²) in [6.45, 7) is 2.04. The van der Waals surface area contributed by atoms with Crippen LogP contribution in [-0.2, 0) is 0 Å². The van der Waals surface area contributed by atoms with Crippen molar-refractivity contribution in [2.24, 2.45) is 5.73 Å². The molecule has 2 atom stereocenters. The SMILES string of the molecule is CCC(N)C(Sc1ccccc1F)c1ccncc1. The van der Waals surface area contributed by atoms with E-state index in [0.717, 1.165) is 12.0 Å². The normalized spacial score (nSPS) is 14.1. The maximum absolute atomic E-state index is 13.8. The second-order valence-corrected chi connectivity index (χ2v) is 5.50. The number of aromatic nitrogens is 1. The van der Waals surface area contributed by atoms with Crippen molar-refractivity contribution in [3.8, 4) is 0 Å². The maximum Gasteiger partial charge on any atom is 0.136 e. The van der Waals surface area contributed by atoms with Crippen molar-refractivity contribution in [2.45, 2.75) is 29.5 Å².